The summed E-state index contributed by atoms with van der Waals surface area (Å²) >= 11 is 7.10. The number of hydrogen-bond acceptors (Lipinski definition) is 5. The first-order valence-electron chi connectivity index (χ1n) is 6.18. The lowest BCUT2D eigenvalue weighted by Gasteiger charge is -2.04. The normalized spacial score (nSPS) is 10.6. The van der Waals surface area contributed by atoms with E-state index in [-0.39, 0.29) is 5.15 Å². The van der Waals surface area contributed by atoms with Gasteiger partial charge in [0.15, 0.2) is 15.2 Å². The van der Waals surface area contributed by atoms with Gasteiger partial charge in [0.25, 0.3) is 0 Å². The number of carbonyl (C=O) groups excluding carboxylic acids is 1. The molecule has 0 aliphatic carbocycles. The highest BCUT2D eigenvalue weighted by molar-refractivity contribution is 7.18. The van der Waals surface area contributed by atoms with Crippen molar-refractivity contribution in [3.8, 4) is 0 Å². The molecule has 0 saturated heterocycles. The highest BCUT2D eigenvalue weighted by Gasteiger charge is 2.17. The highest BCUT2D eigenvalue weighted by Crippen LogP contribution is 2.30. The number of nitrogens with zero attached hydrogens (tertiary/aromatic N) is 1. The molecule has 1 N–H and O–H groups in total. The average molecular weight is 319 g/mol. The number of anilines is 2. The van der Waals surface area contributed by atoms with Crippen molar-refractivity contribution in [3.05, 3.63) is 52.5 Å². The molecule has 0 bridgehead atoms. The molecule has 0 amide bonds. The minimum absolute atomic E-state index is 0.148. The van der Waals surface area contributed by atoms with Crippen LogP contribution in [0.25, 0.3) is 10.8 Å². The number of nitrogens with one attached hydrogen (secondary N) is 1. The second-order valence-electron chi connectivity index (χ2n) is 4.32. The number of thiazole rings is 1. The molecule has 6 heteroatoms. The van der Waals surface area contributed by atoms with Gasteiger partial charge in [-0.05, 0) is 22.9 Å². The van der Waals surface area contributed by atoms with Crippen LogP contribution >= 0.6 is 22.9 Å². The number of benzene rings is 2. The van der Waals surface area contributed by atoms with E-state index in [4.69, 9.17) is 11.6 Å². The molecule has 0 fully saturated rings. The third-order valence-electron chi connectivity index (χ3n) is 2.96. The number of esters is 1. The van der Waals surface area contributed by atoms with Crippen LogP contribution in [-0.4, -0.2) is 18.1 Å². The first kappa shape index (κ1) is 13.9. The van der Waals surface area contributed by atoms with Gasteiger partial charge in [-0.2, -0.15) is 0 Å². The van der Waals surface area contributed by atoms with E-state index >= 15 is 0 Å². The van der Waals surface area contributed by atoms with Crippen molar-refractivity contribution < 1.29 is 9.53 Å². The molecule has 3 rings (SSSR count). The van der Waals surface area contributed by atoms with Crippen molar-refractivity contribution in [2.24, 2.45) is 0 Å². The number of methoxy groups -OCH3 is 1. The first-order valence-corrected chi connectivity index (χ1v) is 7.37. The lowest BCUT2D eigenvalue weighted by molar-refractivity contribution is 0.0606. The monoisotopic (exact) mass is 318 g/mol. The van der Waals surface area contributed by atoms with E-state index < -0.39 is 5.97 Å². The zero-order valence-corrected chi connectivity index (χ0v) is 12.7. The van der Waals surface area contributed by atoms with E-state index in [0.717, 1.165) is 27.8 Å². The number of hydrogen-bond donors (Lipinski definition) is 1. The zero-order chi connectivity index (χ0) is 14.8. The smallest absolute Gasteiger partial charge is 0.351 e. The van der Waals surface area contributed by atoms with Gasteiger partial charge < -0.3 is 10.1 Å². The van der Waals surface area contributed by atoms with Gasteiger partial charge in [-0.1, -0.05) is 53.3 Å². The van der Waals surface area contributed by atoms with Crippen LogP contribution in [0.4, 0.5) is 10.8 Å². The summed E-state index contributed by atoms with van der Waals surface area (Å²) in [4.78, 5) is 15.9. The summed E-state index contributed by atoms with van der Waals surface area (Å²) in [6.07, 6.45) is 0. The lowest BCUT2D eigenvalue weighted by atomic mass is 10.1. The van der Waals surface area contributed by atoms with Crippen molar-refractivity contribution in [1.82, 2.24) is 4.98 Å². The Bertz CT molecular complexity index is 816. The maximum atomic E-state index is 11.5. The molecular weight excluding hydrogens is 308 g/mol. The van der Waals surface area contributed by atoms with E-state index in [1.54, 1.807) is 0 Å². The molecule has 21 heavy (non-hydrogen) atoms. The van der Waals surface area contributed by atoms with Crippen LogP contribution in [0.5, 0.6) is 0 Å². The Hall–Kier alpha value is -2.11. The molecule has 1 heterocycles. The lowest BCUT2D eigenvalue weighted by Crippen LogP contribution is -1.98. The second-order valence-corrected chi connectivity index (χ2v) is 5.67. The maximum Gasteiger partial charge on any atom is 0.351 e. The molecule has 0 unspecified atom stereocenters. The number of halogens is 1. The quantitative estimate of drug-likeness (QED) is 0.723. The molecule has 0 aliphatic rings. The summed E-state index contributed by atoms with van der Waals surface area (Å²) in [5.74, 6) is -0.482. The Labute approximate surface area is 130 Å². The van der Waals surface area contributed by atoms with Crippen molar-refractivity contribution in [3.63, 3.8) is 0 Å². The SMILES string of the molecule is COC(=O)c1sc(Nc2ccc3ccccc3c2)nc1Cl. The zero-order valence-electron chi connectivity index (χ0n) is 11.1. The van der Waals surface area contributed by atoms with Gasteiger partial charge in [0.1, 0.15) is 0 Å². The summed E-state index contributed by atoms with van der Waals surface area (Å²) < 4.78 is 4.66. The van der Waals surface area contributed by atoms with E-state index in [2.05, 4.69) is 21.1 Å². The minimum Gasteiger partial charge on any atom is -0.465 e. The van der Waals surface area contributed by atoms with Gasteiger partial charge >= 0.3 is 5.97 Å². The van der Waals surface area contributed by atoms with Gasteiger partial charge in [-0.3, -0.25) is 0 Å². The summed E-state index contributed by atoms with van der Waals surface area (Å²) in [6, 6.07) is 14.1. The molecule has 4 nitrogen and oxygen atoms in total. The minimum atomic E-state index is -0.482. The Morgan fingerprint density at radius 1 is 1.24 bits per heavy atom. The fraction of sp³-hybridized carbons (Fsp3) is 0.0667. The fourth-order valence-electron chi connectivity index (χ4n) is 1.96. The van der Waals surface area contributed by atoms with Gasteiger partial charge in [0, 0.05) is 5.69 Å². The Balaban J connectivity index is 1.89. The number of carbonyl (C=O) groups is 1. The summed E-state index contributed by atoms with van der Waals surface area (Å²) in [7, 11) is 1.31. The number of ether oxygens (including phenoxy) is 1. The highest BCUT2D eigenvalue weighted by atomic mass is 35.5. The Morgan fingerprint density at radius 2 is 2.00 bits per heavy atom. The fourth-order valence-corrected chi connectivity index (χ4v) is 3.09. The van der Waals surface area contributed by atoms with Crippen molar-refractivity contribution in [1.29, 1.82) is 0 Å². The van der Waals surface area contributed by atoms with Crippen LogP contribution < -0.4 is 5.32 Å². The summed E-state index contributed by atoms with van der Waals surface area (Å²) in [5, 5.41) is 6.14. The van der Waals surface area contributed by atoms with Gasteiger partial charge in [-0.25, -0.2) is 9.78 Å². The van der Waals surface area contributed by atoms with Crippen molar-refractivity contribution in [2.45, 2.75) is 0 Å². The summed E-state index contributed by atoms with van der Waals surface area (Å²) in [5.41, 5.74) is 0.885. The molecule has 0 spiro atoms. The molecule has 0 saturated carbocycles. The first-order chi connectivity index (χ1) is 10.2. The predicted molar refractivity (Wildman–Crippen MR) is 85.7 cm³/mol. The maximum absolute atomic E-state index is 11.5. The number of fused-ring (bicyclic) bond motifs is 1. The van der Waals surface area contributed by atoms with Crippen molar-refractivity contribution in [2.75, 3.05) is 12.4 Å². The van der Waals surface area contributed by atoms with E-state index in [1.165, 1.54) is 7.11 Å². The van der Waals surface area contributed by atoms with E-state index in [0.29, 0.717) is 10.0 Å². The molecule has 0 radical (unpaired) electrons. The molecular formula is C15H11ClN2O2S. The van der Waals surface area contributed by atoms with E-state index in [1.807, 2.05) is 36.4 Å². The molecule has 0 aliphatic heterocycles. The van der Waals surface area contributed by atoms with E-state index in [9.17, 15) is 4.79 Å². The molecule has 3 aromatic rings. The largest absolute Gasteiger partial charge is 0.465 e. The standard InChI is InChI=1S/C15H11ClN2O2S/c1-20-14(19)12-13(16)18-15(21-12)17-11-7-6-9-4-2-3-5-10(9)8-11/h2-8H,1H3,(H,17,18). The molecule has 106 valence electrons. The number of rotatable bonds is 3. The summed E-state index contributed by atoms with van der Waals surface area (Å²) in [6.45, 7) is 0. The van der Waals surface area contributed by atoms with Gasteiger partial charge in [0.05, 0.1) is 7.11 Å². The molecule has 1 aromatic heterocycles. The number of aromatic nitrogens is 1. The van der Waals surface area contributed by atoms with Crippen LogP contribution in [0.2, 0.25) is 5.15 Å². The van der Waals surface area contributed by atoms with Gasteiger partial charge in [-0.15, -0.1) is 0 Å². The van der Waals surface area contributed by atoms with Crippen LogP contribution in [0, 0.1) is 0 Å². The van der Waals surface area contributed by atoms with Crippen molar-refractivity contribution >= 4 is 50.5 Å². The topological polar surface area (TPSA) is 51.2 Å². The van der Waals surface area contributed by atoms with Crippen LogP contribution in [0.15, 0.2) is 42.5 Å². The predicted octanol–water partition coefficient (Wildman–Crippen LogP) is 4.48. The van der Waals surface area contributed by atoms with Crippen LogP contribution in [0.1, 0.15) is 9.67 Å². The van der Waals surface area contributed by atoms with Crippen LogP contribution in [0.3, 0.4) is 0 Å². The third kappa shape index (κ3) is 2.84. The second kappa shape index (κ2) is 5.71. The Kier molecular flexibility index (Phi) is 3.77. The Morgan fingerprint density at radius 3 is 2.76 bits per heavy atom. The molecule has 2 aromatic carbocycles. The van der Waals surface area contributed by atoms with Gasteiger partial charge in [0.2, 0.25) is 0 Å². The third-order valence-corrected chi connectivity index (χ3v) is 4.29. The van der Waals surface area contributed by atoms with Crippen LogP contribution in [-0.2, 0) is 4.74 Å². The molecule has 0 atom stereocenters. The average Bonchev–Trinajstić information content (AvgIpc) is 2.87.